The maximum absolute atomic E-state index is 4.69. The van der Waals surface area contributed by atoms with E-state index in [2.05, 4.69) is 36.5 Å². The van der Waals surface area contributed by atoms with Gasteiger partial charge in [-0.3, -0.25) is 0 Å². The Morgan fingerprint density at radius 2 is 2.29 bits per heavy atom. The second-order valence-electron chi connectivity index (χ2n) is 5.30. The molecular formula is C13H23N3S. The van der Waals surface area contributed by atoms with Gasteiger partial charge in [0.15, 0.2) is 5.13 Å². The molecule has 1 aromatic rings. The highest BCUT2D eigenvalue weighted by Gasteiger charge is 2.23. The molecule has 17 heavy (non-hydrogen) atoms. The third kappa shape index (κ3) is 4.28. The minimum absolute atomic E-state index is 0.561. The highest BCUT2D eigenvalue weighted by Crippen LogP contribution is 2.31. The summed E-state index contributed by atoms with van der Waals surface area (Å²) in [6.45, 7) is 6.55. The van der Waals surface area contributed by atoms with E-state index in [1.165, 1.54) is 30.2 Å². The van der Waals surface area contributed by atoms with Crippen molar-refractivity contribution in [2.75, 3.05) is 25.0 Å². The summed E-state index contributed by atoms with van der Waals surface area (Å²) in [6, 6.07) is 0.561. The molecule has 0 radical (unpaired) electrons. The zero-order valence-electron chi connectivity index (χ0n) is 11.1. The first-order chi connectivity index (χ1) is 8.15. The molecule has 96 valence electrons. The van der Waals surface area contributed by atoms with Gasteiger partial charge in [-0.15, -0.1) is 11.3 Å². The van der Waals surface area contributed by atoms with Gasteiger partial charge < -0.3 is 10.2 Å². The van der Waals surface area contributed by atoms with E-state index in [0.29, 0.717) is 6.04 Å². The largest absolute Gasteiger partial charge is 0.351 e. The zero-order chi connectivity index (χ0) is 12.3. The Morgan fingerprint density at radius 3 is 2.94 bits per heavy atom. The Balaban J connectivity index is 1.77. The van der Waals surface area contributed by atoms with Gasteiger partial charge in [0.1, 0.15) is 0 Å². The molecule has 1 aliphatic rings. The van der Waals surface area contributed by atoms with Crippen LogP contribution in [0.5, 0.6) is 0 Å². The number of hydrogen-bond acceptors (Lipinski definition) is 4. The Hall–Kier alpha value is -0.610. The Labute approximate surface area is 108 Å². The lowest BCUT2D eigenvalue weighted by Crippen LogP contribution is -2.25. The molecule has 0 unspecified atom stereocenters. The number of thiazole rings is 1. The van der Waals surface area contributed by atoms with Crippen LogP contribution >= 0.6 is 11.3 Å². The third-order valence-electron chi connectivity index (χ3n) is 3.03. The second kappa shape index (κ2) is 5.83. The summed E-state index contributed by atoms with van der Waals surface area (Å²) >= 11 is 1.77. The standard InChI is InChI=1S/C13H23N3S/c1-10(2)14-7-6-12-9-17-13(15-12)16(3)8-11-4-5-11/h9-11,14H,4-8H2,1-3H3. The van der Waals surface area contributed by atoms with Crippen LogP contribution in [0.3, 0.4) is 0 Å². The van der Waals surface area contributed by atoms with E-state index in [-0.39, 0.29) is 0 Å². The van der Waals surface area contributed by atoms with E-state index in [4.69, 9.17) is 4.98 Å². The Kier molecular flexibility index (Phi) is 4.40. The molecule has 3 nitrogen and oxygen atoms in total. The van der Waals surface area contributed by atoms with Gasteiger partial charge in [-0.25, -0.2) is 4.98 Å². The summed E-state index contributed by atoms with van der Waals surface area (Å²) in [4.78, 5) is 7.00. The van der Waals surface area contributed by atoms with E-state index < -0.39 is 0 Å². The number of aromatic nitrogens is 1. The van der Waals surface area contributed by atoms with Gasteiger partial charge in [-0.05, 0) is 18.8 Å². The first-order valence-corrected chi connectivity index (χ1v) is 7.42. The van der Waals surface area contributed by atoms with Crippen molar-refractivity contribution in [2.45, 2.75) is 39.2 Å². The summed E-state index contributed by atoms with van der Waals surface area (Å²) in [5.41, 5.74) is 1.22. The van der Waals surface area contributed by atoms with E-state index in [0.717, 1.165) is 18.9 Å². The molecule has 1 aromatic heterocycles. The SMILES string of the molecule is CC(C)NCCc1csc(N(C)CC2CC2)n1. The zero-order valence-corrected chi connectivity index (χ0v) is 11.9. The van der Waals surface area contributed by atoms with E-state index >= 15 is 0 Å². The molecule has 1 fully saturated rings. The van der Waals surface area contributed by atoms with Crippen molar-refractivity contribution in [1.82, 2.24) is 10.3 Å². The number of rotatable bonds is 7. The van der Waals surface area contributed by atoms with Crippen LogP contribution in [0.25, 0.3) is 0 Å². The predicted octanol–water partition coefficient (Wildman–Crippen LogP) is 2.53. The van der Waals surface area contributed by atoms with E-state index in [9.17, 15) is 0 Å². The van der Waals surface area contributed by atoms with Gasteiger partial charge in [0.25, 0.3) is 0 Å². The van der Waals surface area contributed by atoms with Crippen molar-refractivity contribution in [1.29, 1.82) is 0 Å². The first kappa shape index (κ1) is 12.8. The molecule has 0 aliphatic heterocycles. The van der Waals surface area contributed by atoms with E-state index in [1.807, 2.05) is 0 Å². The van der Waals surface area contributed by atoms with Crippen molar-refractivity contribution < 1.29 is 0 Å². The van der Waals surface area contributed by atoms with E-state index in [1.54, 1.807) is 11.3 Å². The molecule has 0 aromatic carbocycles. The van der Waals surface area contributed by atoms with Crippen LogP contribution in [-0.2, 0) is 6.42 Å². The average Bonchev–Trinajstić information content (AvgIpc) is 2.94. The maximum Gasteiger partial charge on any atom is 0.185 e. The monoisotopic (exact) mass is 253 g/mol. The van der Waals surface area contributed by atoms with Crippen LogP contribution in [0.4, 0.5) is 5.13 Å². The third-order valence-corrected chi connectivity index (χ3v) is 4.03. The fourth-order valence-electron chi connectivity index (χ4n) is 1.84. The second-order valence-corrected chi connectivity index (χ2v) is 6.14. The molecule has 0 bridgehead atoms. The smallest absolute Gasteiger partial charge is 0.185 e. The van der Waals surface area contributed by atoms with Crippen molar-refractivity contribution in [3.05, 3.63) is 11.1 Å². The molecule has 2 rings (SSSR count). The summed E-state index contributed by atoms with van der Waals surface area (Å²) in [5.74, 6) is 0.926. The Bertz CT molecular complexity index is 344. The molecule has 1 N–H and O–H groups in total. The maximum atomic E-state index is 4.69. The summed E-state index contributed by atoms with van der Waals surface area (Å²) in [7, 11) is 2.16. The lowest BCUT2D eigenvalue weighted by atomic mass is 10.3. The van der Waals surface area contributed by atoms with Crippen LogP contribution in [-0.4, -0.2) is 31.2 Å². The van der Waals surface area contributed by atoms with Gasteiger partial charge in [-0.2, -0.15) is 0 Å². The quantitative estimate of drug-likeness (QED) is 0.809. The molecular weight excluding hydrogens is 230 g/mol. The lowest BCUT2D eigenvalue weighted by molar-refractivity contribution is 0.588. The van der Waals surface area contributed by atoms with Crippen LogP contribution in [0.15, 0.2) is 5.38 Å². The summed E-state index contributed by atoms with van der Waals surface area (Å²) in [5, 5.41) is 6.80. The first-order valence-electron chi connectivity index (χ1n) is 6.54. The number of nitrogens with one attached hydrogen (secondary N) is 1. The summed E-state index contributed by atoms with van der Waals surface area (Å²) in [6.07, 6.45) is 3.84. The van der Waals surface area contributed by atoms with Gasteiger partial charge >= 0.3 is 0 Å². The highest BCUT2D eigenvalue weighted by molar-refractivity contribution is 7.13. The Morgan fingerprint density at radius 1 is 1.53 bits per heavy atom. The summed E-state index contributed by atoms with van der Waals surface area (Å²) < 4.78 is 0. The van der Waals surface area contributed by atoms with Crippen LogP contribution < -0.4 is 10.2 Å². The predicted molar refractivity (Wildman–Crippen MR) is 75.0 cm³/mol. The molecule has 1 saturated carbocycles. The lowest BCUT2D eigenvalue weighted by Gasteiger charge is -2.14. The van der Waals surface area contributed by atoms with Crippen molar-refractivity contribution in [3.8, 4) is 0 Å². The van der Waals surface area contributed by atoms with Crippen molar-refractivity contribution in [3.63, 3.8) is 0 Å². The van der Waals surface area contributed by atoms with Gasteiger partial charge in [-0.1, -0.05) is 13.8 Å². The van der Waals surface area contributed by atoms with Crippen LogP contribution in [0.2, 0.25) is 0 Å². The average molecular weight is 253 g/mol. The molecule has 1 heterocycles. The highest BCUT2D eigenvalue weighted by atomic mass is 32.1. The number of hydrogen-bond donors (Lipinski definition) is 1. The van der Waals surface area contributed by atoms with Crippen LogP contribution in [0, 0.1) is 5.92 Å². The van der Waals surface area contributed by atoms with Crippen molar-refractivity contribution >= 4 is 16.5 Å². The van der Waals surface area contributed by atoms with Crippen LogP contribution in [0.1, 0.15) is 32.4 Å². The number of nitrogens with zero attached hydrogens (tertiary/aromatic N) is 2. The fraction of sp³-hybridized carbons (Fsp3) is 0.769. The minimum atomic E-state index is 0.561. The fourth-order valence-corrected chi connectivity index (χ4v) is 2.68. The topological polar surface area (TPSA) is 28.2 Å². The van der Waals surface area contributed by atoms with Crippen molar-refractivity contribution in [2.24, 2.45) is 5.92 Å². The molecule has 0 atom stereocenters. The molecule has 0 spiro atoms. The van der Waals surface area contributed by atoms with Gasteiger partial charge in [0, 0.05) is 38.0 Å². The molecule has 0 amide bonds. The number of anilines is 1. The van der Waals surface area contributed by atoms with Gasteiger partial charge in [0.05, 0.1) is 5.69 Å². The molecule has 4 heteroatoms. The van der Waals surface area contributed by atoms with Gasteiger partial charge in [0.2, 0.25) is 0 Å². The molecule has 0 saturated heterocycles. The molecule has 1 aliphatic carbocycles. The minimum Gasteiger partial charge on any atom is -0.351 e. The normalized spacial score (nSPS) is 15.5.